The summed E-state index contributed by atoms with van der Waals surface area (Å²) >= 11 is 0. The van der Waals surface area contributed by atoms with Gasteiger partial charge < -0.3 is 0 Å². The predicted molar refractivity (Wildman–Crippen MR) is 266 cm³/mol. The lowest BCUT2D eigenvalue weighted by Crippen LogP contribution is -2.04. The fourth-order valence-corrected chi connectivity index (χ4v) is 10.5. The molecule has 0 spiro atoms. The summed E-state index contributed by atoms with van der Waals surface area (Å²) in [6.07, 6.45) is 0. The van der Waals surface area contributed by atoms with Crippen molar-refractivity contribution in [2.24, 2.45) is 0 Å². The lowest BCUT2D eigenvalue weighted by molar-refractivity contribution is 0.463. The Hall–Kier alpha value is -8.34. The number of benzene rings is 13. The van der Waals surface area contributed by atoms with Crippen LogP contribution in [0.25, 0.3) is 131 Å². The minimum Gasteiger partial charge on any atom is -0.203 e. The van der Waals surface area contributed by atoms with Gasteiger partial charge >= 0.3 is 0 Å². The van der Waals surface area contributed by atoms with Gasteiger partial charge in [0, 0.05) is 0 Å². The summed E-state index contributed by atoms with van der Waals surface area (Å²) in [7, 11) is 0. The summed E-state index contributed by atoms with van der Waals surface area (Å²) in [5.74, 6) is -5.87. The van der Waals surface area contributed by atoms with E-state index < -0.39 is 34.4 Å². The van der Waals surface area contributed by atoms with Gasteiger partial charge in [0.15, 0.2) is 23.3 Å². The van der Waals surface area contributed by atoms with Crippen molar-refractivity contribution >= 4 is 64.6 Å². The number of hydrogen-bond acceptors (Lipinski definition) is 0. The lowest BCUT2D eigenvalue weighted by Gasteiger charge is -2.18. The van der Waals surface area contributed by atoms with Gasteiger partial charge in [-0.25, -0.2) is 17.6 Å². The first-order valence-electron chi connectivity index (χ1n) is 22.0. The molecule has 13 aromatic rings. The van der Waals surface area contributed by atoms with Crippen molar-refractivity contribution in [2.75, 3.05) is 0 Å². The maximum atomic E-state index is 17.2. The van der Waals surface area contributed by atoms with Crippen LogP contribution in [0.3, 0.4) is 0 Å². The third-order valence-corrected chi connectivity index (χ3v) is 13.5. The molecule has 0 nitrogen and oxygen atoms in total. The highest BCUT2D eigenvalue weighted by Gasteiger charge is 2.29. The summed E-state index contributed by atoms with van der Waals surface area (Å²) in [5, 5.41) is 13.2. The van der Waals surface area contributed by atoms with Gasteiger partial charge in [0.25, 0.3) is 0 Å². The van der Waals surface area contributed by atoms with Crippen LogP contribution in [0.15, 0.2) is 206 Å². The molecule has 0 bridgehead atoms. The van der Waals surface area contributed by atoms with Crippen LogP contribution in [-0.4, -0.2) is 0 Å². The first-order chi connectivity index (χ1) is 32.3. The molecule has 13 rings (SSSR count). The van der Waals surface area contributed by atoms with Gasteiger partial charge in [0.05, 0.1) is 11.1 Å². The maximum absolute atomic E-state index is 17.2. The molecule has 4 heteroatoms. The fourth-order valence-electron chi connectivity index (χ4n) is 10.5. The first kappa shape index (κ1) is 38.1. The van der Waals surface area contributed by atoms with E-state index >= 15 is 17.6 Å². The van der Waals surface area contributed by atoms with Crippen LogP contribution in [0.5, 0.6) is 0 Å². The second kappa shape index (κ2) is 14.6. The molecule has 0 saturated heterocycles. The van der Waals surface area contributed by atoms with Crippen molar-refractivity contribution in [3.63, 3.8) is 0 Å². The van der Waals surface area contributed by atoms with Crippen LogP contribution < -0.4 is 0 Å². The van der Waals surface area contributed by atoms with E-state index in [1.165, 1.54) is 10.8 Å². The molecule has 0 fully saturated rings. The number of halogens is 4. The molecule has 0 unspecified atom stereocenters. The van der Waals surface area contributed by atoms with Crippen LogP contribution in [0.1, 0.15) is 0 Å². The summed E-state index contributed by atoms with van der Waals surface area (Å²) < 4.78 is 68.3. The average molecular weight is 855 g/mol. The van der Waals surface area contributed by atoms with Gasteiger partial charge in [-0.05, 0) is 181 Å². The smallest absolute Gasteiger partial charge is 0.170 e. The first-order valence-corrected chi connectivity index (χ1v) is 22.0. The van der Waals surface area contributed by atoms with Gasteiger partial charge in [0.2, 0.25) is 0 Å². The van der Waals surface area contributed by atoms with Crippen LogP contribution in [0.4, 0.5) is 17.6 Å². The number of rotatable bonds is 6. The van der Waals surface area contributed by atoms with Gasteiger partial charge in [0.1, 0.15) is 0 Å². The van der Waals surface area contributed by atoms with E-state index in [2.05, 4.69) is 109 Å². The Morgan fingerprint density at radius 1 is 0.182 bits per heavy atom. The highest BCUT2D eigenvalue weighted by atomic mass is 19.2. The molecule has 0 aliphatic carbocycles. The van der Waals surface area contributed by atoms with Gasteiger partial charge in [-0.2, -0.15) is 0 Å². The van der Waals surface area contributed by atoms with Crippen molar-refractivity contribution in [3.05, 3.63) is 230 Å². The normalized spacial score (nSPS) is 11.9. The molecule has 0 aliphatic heterocycles. The Kier molecular flexibility index (Phi) is 8.44. The summed E-state index contributed by atoms with van der Waals surface area (Å²) in [6.45, 7) is 0. The standard InChI is InChI=1S/C62H34F4/c63-59-57(51-31-45(35-9-3-1-4-10-35)29-46(32-51)36-11-5-2-6-12-36)60(64)62(66)58(61(59)65)52-33-49(47-25-41-21-17-37-13-7-14-38-18-22-42(26-47)55(41)53(37)38)30-50(34-52)48-27-43-23-19-39-15-8-16-40-20-24-44(28-48)56(43)54(39)40/h1-34H. The SMILES string of the molecule is Fc1c(F)c(-c2cc(-c3cc4ccc5cccc6ccc(c3)c4c56)cc(-c3cc4ccc5cccc6ccc(c3)c4c56)c2)c(F)c(F)c1-c1cc(-c2ccccc2)cc(-c2ccccc2)c1. The van der Waals surface area contributed by atoms with Gasteiger partial charge in [-0.15, -0.1) is 0 Å². The Morgan fingerprint density at radius 3 is 0.742 bits per heavy atom. The van der Waals surface area contributed by atoms with E-state index in [-0.39, 0.29) is 11.1 Å². The zero-order valence-electron chi connectivity index (χ0n) is 35.1. The van der Waals surface area contributed by atoms with Crippen LogP contribution in [0, 0.1) is 23.3 Å². The zero-order chi connectivity index (χ0) is 44.2. The third kappa shape index (κ3) is 5.92. The minimum atomic E-state index is -1.47. The minimum absolute atomic E-state index is 0.0139. The van der Waals surface area contributed by atoms with Crippen molar-refractivity contribution in [3.8, 4) is 66.8 Å². The van der Waals surface area contributed by atoms with Crippen LogP contribution in [0.2, 0.25) is 0 Å². The summed E-state index contributed by atoms with van der Waals surface area (Å²) in [4.78, 5) is 0. The molecule has 0 atom stereocenters. The molecule has 0 heterocycles. The molecule has 310 valence electrons. The van der Waals surface area contributed by atoms with E-state index in [4.69, 9.17) is 0 Å². The van der Waals surface area contributed by atoms with Crippen molar-refractivity contribution in [2.45, 2.75) is 0 Å². The summed E-state index contributed by atoms with van der Waals surface area (Å²) in [6, 6.07) is 66.8. The fraction of sp³-hybridized carbons (Fsp3) is 0. The van der Waals surface area contributed by atoms with E-state index in [0.717, 1.165) is 76.1 Å². The number of hydrogen-bond donors (Lipinski definition) is 0. The molecule has 66 heavy (non-hydrogen) atoms. The van der Waals surface area contributed by atoms with Crippen LogP contribution >= 0.6 is 0 Å². The highest BCUT2D eigenvalue weighted by Crippen LogP contribution is 2.45. The van der Waals surface area contributed by atoms with Crippen LogP contribution in [-0.2, 0) is 0 Å². The van der Waals surface area contributed by atoms with E-state index in [1.807, 2.05) is 72.8 Å². The van der Waals surface area contributed by atoms with Crippen molar-refractivity contribution in [1.29, 1.82) is 0 Å². The third-order valence-electron chi connectivity index (χ3n) is 13.5. The highest BCUT2D eigenvalue weighted by molar-refractivity contribution is 6.25. The molecular formula is C62H34F4. The van der Waals surface area contributed by atoms with Gasteiger partial charge in [-0.1, -0.05) is 146 Å². The zero-order valence-corrected chi connectivity index (χ0v) is 35.1. The second-order valence-corrected chi connectivity index (χ2v) is 17.4. The Balaban J connectivity index is 1.04. The predicted octanol–water partition coefficient (Wildman–Crippen LogP) is 18.0. The topological polar surface area (TPSA) is 0 Å². The quantitative estimate of drug-likeness (QED) is 0.0888. The molecule has 13 aromatic carbocycles. The van der Waals surface area contributed by atoms with E-state index in [9.17, 15) is 0 Å². The molecule has 0 amide bonds. The Bertz CT molecular complexity index is 3700. The Morgan fingerprint density at radius 2 is 0.424 bits per heavy atom. The molecule has 0 aromatic heterocycles. The molecule has 0 aliphatic rings. The average Bonchev–Trinajstić information content (AvgIpc) is 3.37. The lowest BCUT2D eigenvalue weighted by atomic mass is 9.87. The largest absolute Gasteiger partial charge is 0.203 e. The second-order valence-electron chi connectivity index (χ2n) is 17.4. The molecule has 0 radical (unpaired) electrons. The van der Waals surface area contributed by atoms with Crippen molar-refractivity contribution in [1.82, 2.24) is 0 Å². The van der Waals surface area contributed by atoms with Crippen molar-refractivity contribution < 1.29 is 17.6 Å². The van der Waals surface area contributed by atoms with E-state index in [1.54, 1.807) is 24.3 Å². The Labute approximate surface area is 376 Å². The van der Waals surface area contributed by atoms with Gasteiger partial charge in [-0.3, -0.25) is 0 Å². The maximum Gasteiger partial charge on any atom is 0.170 e. The summed E-state index contributed by atoms with van der Waals surface area (Å²) in [5.41, 5.74) is 4.26. The monoisotopic (exact) mass is 854 g/mol. The molecule has 0 N–H and O–H groups in total. The molecule has 0 saturated carbocycles. The molecular weight excluding hydrogens is 821 g/mol. The van der Waals surface area contributed by atoms with E-state index in [0.29, 0.717) is 22.3 Å².